The topological polar surface area (TPSA) is 55.8 Å². The molecule has 4 nitrogen and oxygen atoms in total. The molecule has 2 aliphatic rings. The molecule has 0 spiro atoms. The van der Waals surface area contributed by atoms with E-state index in [1.165, 1.54) is 0 Å². The summed E-state index contributed by atoms with van der Waals surface area (Å²) in [5, 5.41) is 9.10. The lowest BCUT2D eigenvalue weighted by molar-refractivity contribution is -0.141. The van der Waals surface area contributed by atoms with Crippen molar-refractivity contribution in [3.05, 3.63) is 11.5 Å². The number of aliphatic carboxylic acids is 1. The van der Waals surface area contributed by atoms with Crippen molar-refractivity contribution in [1.82, 2.24) is 0 Å². The first-order valence-electron chi connectivity index (χ1n) is 6.50. The molecule has 1 atom stereocenters. The summed E-state index contributed by atoms with van der Waals surface area (Å²) >= 11 is 0. The lowest BCUT2D eigenvalue weighted by atomic mass is 9.69. The average molecular weight is 252 g/mol. The van der Waals surface area contributed by atoms with E-state index < -0.39 is 13.1 Å². The minimum Gasteiger partial charge on any atom is -0.481 e. The fourth-order valence-electron chi connectivity index (χ4n) is 2.34. The Labute approximate surface area is 108 Å². The summed E-state index contributed by atoms with van der Waals surface area (Å²) in [6.45, 7) is 8.02. The third-order valence-electron chi connectivity index (χ3n) is 4.31. The molecule has 0 aromatic carbocycles. The van der Waals surface area contributed by atoms with E-state index >= 15 is 0 Å². The Morgan fingerprint density at radius 3 is 2.39 bits per heavy atom. The highest BCUT2D eigenvalue weighted by Crippen LogP contribution is 2.40. The SMILES string of the molecule is CC1(C)OB(C2=CCCC(C(=O)O)C2)OC1(C)C. The number of carboxylic acid groups (broad SMARTS) is 1. The van der Waals surface area contributed by atoms with Crippen LogP contribution in [-0.4, -0.2) is 29.4 Å². The van der Waals surface area contributed by atoms with E-state index in [0.29, 0.717) is 12.8 Å². The molecule has 1 saturated heterocycles. The zero-order chi connectivity index (χ0) is 13.6. The molecule has 0 aromatic heterocycles. The number of allylic oxidation sites excluding steroid dienone is 2. The first kappa shape index (κ1) is 13.6. The molecule has 0 amide bonds. The zero-order valence-corrected chi connectivity index (χ0v) is 11.5. The van der Waals surface area contributed by atoms with Crippen LogP contribution in [0.25, 0.3) is 0 Å². The van der Waals surface area contributed by atoms with E-state index in [1.54, 1.807) is 0 Å². The minimum atomic E-state index is -0.725. The van der Waals surface area contributed by atoms with Crippen LogP contribution in [0.4, 0.5) is 0 Å². The predicted molar refractivity (Wildman–Crippen MR) is 69.1 cm³/mol. The van der Waals surface area contributed by atoms with Crippen molar-refractivity contribution < 1.29 is 19.2 Å². The zero-order valence-electron chi connectivity index (χ0n) is 11.5. The molecule has 1 unspecified atom stereocenters. The molecule has 1 N–H and O–H groups in total. The second kappa shape index (κ2) is 4.39. The summed E-state index contributed by atoms with van der Waals surface area (Å²) < 4.78 is 11.9. The predicted octanol–water partition coefficient (Wildman–Crippen LogP) is 2.43. The summed E-state index contributed by atoms with van der Waals surface area (Å²) in [4.78, 5) is 11.1. The fourth-order valence-corrected chi connectivity index (χ4v) is 2.34. The van der Waals surface area contributed by atoms with Crippen LogP contribution >= 0.6 is 0 Å². The maximum Gasteiger partial charge on any atom is 0.490 e. The van der Waals surface area contributed by atoms with Gasteiger partial charge in [-0.3, -0.25) is 4.79 Å². The van der Waals surface area contributed by atoms with Gasteiger partial charge in [-0.05, 0) is 52.4 Å². The lowest BCUT2D eigenvalue weighted by Crippen LogP contribution is -2.41. The van der Waals surface area contributed by atoms with Crippen LogP contribution in [-0.2, 0) is 14.1 Å². The van der Waals surface area contributed by atoms with E-state index in [9.17, 15) is 4.79 Å². The molecule has 0 bridgehead atoms. The van der Waals surface area contributed by atoms with Gasteiger partial charge in [0.2, 0.25) is 0 Å². The van der Waals surface area contributed by atoms with Crippen molar-refractivity contribution in [2.24, 2.45) is 5.92 Å². The highest BCUT2D eigenvalue weighted by Gasteiger charge is 2.52. The molecule has 0 aromatic rings. The van der Waals surface area contributed by atoms with Crippen molar-refractivity contribution in [1.29, 1.82) is 0 Å². The van der Waals surface area contributed by atoms with E-state index in [0.717, 1.165) is 11.9 Å². The van der Waals surface area contributed by atoms with Gasteiger partial charge in [0.15, 0.2) is 0 Å². The van der Waals surface area contributed by atoms with Crippen LogP contribution < -0.4 is 0 Å². The fraction of sp³-hybridized carbons (Fsp3) is 0.769. The number of hydrogen-bond acceptors (Lipinski definition) is 3. The van der Waals surface area contributed by atoms with E-state index in [2.05, 4.69) is 6.08 Å². The van der Waals surface area contributed by atoms with Gasteiger partial charge in [-0.25, -0.2) is 0 Å². The van der Waals surface area contributed by atoms with E-state index in [1.807, 2.05) is 27.7 Å². The molecule has 2 rings (SSSR count). The highest BCUT2D eigenvalue weighted by molar-refractivity contribution is 6.54. The quantitative estimate of drug-likeness (QED) is 0.767. The molecular weight excluding hydrogens is 231 g/mol. The molecule has 0 radical (unpaired) electrons. The number of rotatable bonds is 2. The molecule has 0 saturated carbocycles. The van der Waals surface area contributed by atoms with Crippen LogP contribution in [0.15, 0.2) is 11.5 Å². The summed E-state index contributed by atoms with van der Waals surface area (Å²) in [6, 6.07) is 0. The molecule has 1 aliphatic carbocycles. The summed E-state index contributed by atoms with van der Waals surface area (Å²) in [5.41, 5.74) is 0.246. The number of hydrogen-bond donors (Lipinski definition) is 1. The third-order valence-corrected chi connectivity index (χ3v) is 4.31. The second-order valence-electron chi connectivity index (χ2n) is 6.18. The first-order chi connectivity index (χ1) is 8.23. The summed E-state index contributed by atoms with van der Waals surface area (Å²) in [6.07, 6.45) is 4.10. The smallest absolute Gasteiger partial charge is 0.481 e. The Morgan fingerprint density at radius 2 is 1.89 bits per heavy atom. The first-order valence-corrected chi connectivity index (χ1v) is 6.50. The van der Waals surface area contributed by atoms with Gasteiger partial charge in [0.1, 0.15) is 0 Å². The van der Waals surface area contributed by atoms with Gasteiger partial charge in [-0.15, -0.1) is 0 Å². The molecule has 1 heterocycles. The van der Waals surface area contributed by atoms with Gasteiger partial charge in [-0.2, -0.15) is 0 Å². The monoisotopic (exact) mass is 252 g/mol. The molecule has 1 aliphatic heterocycles. The number of carbonyl (C=O) groups is 1. The highest BCUT2D eigenvalue weighted by atomic mass is 16.7. The van der Waals surface area contributed by atoms with Crippen molar-refractivity contribution in [3.8, 4) is 0 Å². The molecule has 5 heteroatoms. The molecule has 18 heavy (non-hydrogen) atoms. The Morgan fingerprint density at radius 1 is 1.33 bits per heavy atom. The van der Waals surface area contributed by atoms with Crippen LogP contribution in [0.3, 0.4) is 0 Å². The maximum atomic E-state index is 11.1. The normalized spacial score (nSPS) is 30.1. The van der Waals surface area contributed by atoms with Gasteiger partial charge in [0, 0.05) is 0 Å². The molecule has 100 valence electrons. The van der Waals surface area contributed by atoms with Gasteiger partial charge < -0.3 is 14.4 Å². The van der Waals surface area contributed by atoms with E-state index in [4.69, 9.17) is 14.4 Å². The van der Waals surface area contributed by atoms with Gasteiger partial charge in [0.25, 0.3) is 0 Å². The van der Waals surface area contributed by atoms with Crippen molar-refractivity contribution >= 4 is 13.1 Å². The van der Waals surface area contributed by atoms with Gasteiger partial charge in [-0.1, -0.05) is 6.08 Å². The van der Waals surface area contributed by atoms with Crippen LogP contribution in [0, 0.1) is 5.92 Å². The second-order valence-corrected chi connectivity index (χ2v) is 6.18. The Balaban J connectivity index is 2.11. The average Bonchev–Trinajstić information content (AvgIpc) is 2.48. The Kier molecular flexibility index (Phi) is 3.32. The van der Waals surface area contributed by atoms with Crippen molar-refractivity contribution in [3.63, 3.8) is 0 Å². The number of carboxylic acids is 1. The third kappa shape index (κ3) is 2.34. The van der Waals surface area contributed by atoms with Crippen molar-refractivity contribution in [2.45, 2.75) is 58.2 Å². The van der Waals surface area contributed by atoms with Crippen LogP contribution in [0.2, 0.25) is 0 Å². The molecular formula is C13H21BO4. The Bertz CT molecular complexity index is 370. The van der Waals surface area contributed by atoms with Crippen molar-refractivity contribution in [2.75, 3.05) is 0 Å². The Hall–Kier alpha value is -0.805. The van der Waals surface area contributed by atoms with Crippen LogP contribution in [0.5, 0.6) is 0 Å². The summed E-state index contributed by atoms with van der Waals surface area (Å²) in [7, 11) is -0.392. The van der Waals surface area contributed by atoms with Crippen LogP contribution in [0.1, 0.15) is 47.0 Å². The summed E-state index contributed by atoms with van der Waals surface area (Å²) in [5.74, 6) is -1.03. The maximum absolute atomic E-state index is 11.1. The van der Waals surface area contributed by atoms with Gasteiger partial charge >= 0.3 is 13.1 Å². The largest absolute Gasteiger partial charge is 0.490 e. The lowest BCUT2D eigenvalue weighted by Gasteiger charge is -2.32. The standard InChI is InChI=1S/C13H21BO4/c1-12(2)13(3,4)18-14(17-12)10-7-5-6-9(8-10)11(15)16/h7,9H,5-6,8H2,1-4H3,(H,15,16). The molecule has 1 fully saturated rings. The van der Waals surface area contributed by atoms with E-state index in [-0.39, 0.29) is 17.1 Å². The minimum absolute atomic E-state index is 0.302. The van der Waals surface area contributed by atoms with Gasteiger partial charge in [0.05, 0.1) is 17.1 Å².